The van der Waals surface area contributed by atoms with Crippen LogP contribution in [0.4, 0.5) is 0 Å². The van der Waals surface area contributed by atoms with Gasteiger partial charge in [-0.05, 0) is 112 Å². The summed E-state index contributed by atoms with van der Waals surface area (Å²) in [6, 6.07) is 32.2. The lowest BCUT2D eigenvalue weighted by Crippen LogP contribution is -2.80. The largest absolute Gasteiger partial charge is 0.453 e. The Morgan fingerprint density at radius 2 is 1.01 bits per heavy atom. The molecule has 2 amide bonds. The van der Waals surface area contributed by atoms with E-state index in [1.807, 2.05) is 85.0 Å². The third kappa shape index (κ3) is 9.90. The summed E-state index contributed by atoms with van der Waals surface area (Å²) >= 11 is 0. The second-order valence-electron chi connectivity index (χ2n) is 19.4. The highest BCUT2D eigenvalue weighted by Crippen LogP contribution is 2.55. The Morgan fingerprint density at radius 3 is 1.38 bits per heavy atom. The van der Waals surface area contributed by atoms with Crippen molar-refractivity contribution in [1.82, 2.24) is 10.6 Å². The van der Waals surface area contributed by atoms with Crippen molar-refractivity contribution in [2.75, 3.05) is 13.2 Å². The Labute approximate surface area is 429 Å². The molecular formula is C54H59ClN2O14S2. The minimum atomic E-state index is -4.06. The number of nitrogens with one attached hydrogen (secondary N) is 2. The van der Waals surface area contributed by atoms with Gasteiger partial charge >= 0.3 is 11.9 Å². The number of hydrogen-bond acceptors (Lipinski definition) is 14. The van der Waals surface area contributed by atoms with Gasteiger partial charge in [-0.25, -0.2) is 18.0 Å². The molecule has 6 aliphatic rings. The first-order chi connectivity index (χ1) is 34.7. The maximum atomic E-state index is 12.9. The average molecular weight is 1060 g/mol. The first-order valence-corrected chi connectivity index (χ1v) is 28.0. The molecule has 19 heteroatoms. The molecule has 16 nitrogen and oxygen atoms in total. The molecule has 0 bridgehead atoms. The third-order valence-electron chi connectivity index (χ3n) is 15.3. The van der Waals surface area contributed by atoms with Crippen LogP contribution in [0.2, 0.25) is 0 Å². The molecule has 4 fully saturated rings. The van der Waals surface area contributed by atoms with E-state index in [9.17, 15) is 46.2 Å². The van der Waals surface area contributed by atoms with Gasteiger partial charge in [-0.2, -0.15) is 8.42 Å². The van der Waals surface area contributed by atoms with Crippen LogP contribution >= 0.6 is 10.7 Å². The Morgan fingerprint density at radius 1 is 0.616 bits per heavy atom. The predicted octanol–water partition coefficient (Wildman–Crippen LogP) is 6.13. The predicted molar refractivity (Wildman–Crippen MR) is 269 cm³/mol. The number of aliphatic hydroxyl groups excluding tert-OH is 3. The van der Waals surface area contributed by atoms with E-state index in [-0.39, 0.29) is 53.6 Å². The van der Waals surface area contributed by atoms with Gasteiger partial charge in [0.25, 0.3) is 19.2 Å². The van der Waals surface area contributed by atoms with Gasteiger partial charge in [-0.15, -0.1) is 0 Å². The smallest absolute Gasteiger partial charge is 0.339 e. The summed E-state index contributed by atoms with van der Waals surface area (Å²) in [7, 11) is -2.46. The minimum Gasteiger partial charge on any atom is -0.453 e. The second kappa shape index (κ2) is 21.2. The molecule has 4 aliphatic heterocycles. The van der Waals surface area contributed by atoms with Crippen LogP contribution in [-0.2, 0) is 52.0 Å². The molecule has 73 heavy (non-hydrogen) atoms. The van der Waals surface area contributed by atoms with Crippen molar-refractivity contribution >= 4 is 53.6 Å². The standard InChI is InChI=1S/C27H29NO7S.C15H21NO5.C12H9ClO2S/c1-26-22(24(30)28-27(26,25(31)35-26)23(29)20-10-6-3-7-11-20)16-17-34-36(32,33)21-14-12-19(13-15-21)18-8-4-2-5-9-18;1-14-10(7-8-17)12(19)16-15(14,13(20)21-14)11(18)9-5-3-2-4-6-9;13-16(14,15)12-8-6-11(7-9-12)10-4-2-1-3-5-10/h2,4-6,8-10,12-15,20,22-23,29H,3,7,11,16-17H2,1H3,(H,28,30);3,5,9-11,17-18H,2,4,6-8H2,1H3,(H,16,19);1-9H/t20-,22+,23+,26+,27+;9-,10+,11+,14+,15+;/m11./s1. The second-order valence-corrected chi connectivity index (χ2v) is 23.6. The fourth-order valence-corrected chi connectivity index (χ4v) is 12.8. The summed E-state index contributed by atoms with van der Waals surface area (Å²) in [5.41, 5.74) is -1.47. The number of carbonyl (C=O) groups is 4. The van der Waals surface area contributed by atoms with Crippen LogP contribution in [0.3, 0.4) is 0 Å². The summed E-state index contributed by atoms with van der Waals surface area (Å²) < 4.78 is 63.6. The van der Waals surface area contributed by atoms with Crippen molar-refractivity contribution in [2.24, 2.45) is 23.7 Å². The Bertz CT molecular complexity index is 2980. The van der Waals surface area contributed by atoms with Gasteiger partial charge in [0.05, 0.1) is 40.4 Å². The van der Waals surface area contributed by atoms with Crippen LogP contribution in [0.15, 0.2) is 143 Å². The summed E-state index contributed by atoms with van der Waals surface area (Å²) in [6.45, 7) is 2.84. The minimum absolute atomic E-state index is 0.00587. The number of rotatable bonds is 14. The summed E-state index contributed by atoms with van der Waals surface area (Å²) in [4.78, 5) is 50.0. The number of ether oxygens (including phenoxy) is 2. The SMILES string of the molecule is C[C@@]12OC(=O)[C@]1([C@@H](O)[C@@H]1C=CCCC1)NC(=O)[C@@H]2CCO.C[C@@]12OC(=O)[C@]1([C@@H](O)[C@@H]1C=CCCC1)NC(=O)[C@@H]2CCOS(=O)(=O)c1ccc(-c2ccccc2)cc1.O=S(=O)(Cl)c1ccc(-c2ccccc2)cc1. The van der Waals surface area contributed by atoms with Gasteiger partial charge in [0.2, 0.25) is 22.9 Å². The van der Waals surface area contributed by atoms with Crippen molar-refractivity contribution in [3.63, 3.8) is 0 Å². The van der Waals surface area contributed by atoms with Crippen LogP contribution in [0.1, 0.15) is 65.2 Å². The van der Waals surface area contributed by atoms with Crippen molar-refractivity contribution in [2.45, 2.75) is 109 Å². The molecule has 4 aromatic rings. The van der Waals surface area contributed by atoms with Crippen LogP contribution in [0.5, 0.6) is 0 Å². The average Bonchev–Trinajstić information content (AvgIpc) is 3.69. The Kier molecular flexibility index (Phi) is 15.6. The number of aliphatic hydroxyl groups is 3. The first-order valence-electron chi connectivity index (χ1n) is 24.3. The number of allylic oxidation sites excluding steroid dienone is 2. The molecule has 10 atom stereocenters. The Balaban J connectivity index is 0.000000162. The molecule has 0 spiro atoms. The van der Waals surface area contributed by atoms with Crippen LogP contribution in [0, 0.1) is 23.7 Å². The van der Waals surface area contributed by atoms with Gasteiger partial charge in [-0.3, -0.25) is 13.8 Å². The molecule has 388 valence electrons. The fraction of sp³-hybridized carbons (Fsp3) is 0.407. The molecule has 0 unspecified atom stereocenters. The molecule has 4 aromatic carbocycles. The van der Waals surface area contributed by atoms with E-state index in [4.69, 9.17) is 29.4 Å². The lowest BCUT2D eigenvalue weighted by molar-refractivity contribution is -0.239. The fourth-order valence-electron chi connectivity index (χ4n) is 11.1. The van der Waals surface area contributed by atoms with Gasteiger partial charge in [0.1, 0.15) is 0 Å². The lowest BCUT2D eigenvalue weighted by atomic mass is 9.64. The van der Waals surface area contributed by atoms with Gasteiger partial charge in [0.15, 0.2) is 11.2 Å². The van der Waals surface area contributed by atoms with Crippen molar-refractivity contribution in [3.8, 4) is 22.3 Å². The van der Waals surface area contributed by atoms with Crippen molar-refractivity contribution in [3.05, 3.63) is 133 Å². The zero-order valence-corrected chi connectivity index (χ0v) is 42.7. The topological polar surface area (TPSA) is 249 Å². The maximum absolute atomic E-state index is 12.9. The van der Waals surface area contributed by atoms with Crippen LogP contribution in [0.25, 0.3) is 22.3 Å². The molecule has 0 saturated carbocycles. The molecule has 2 aliphatic carbocycles. The molecule has 0 radical (unpaired) electrons. The Hall–Kier alpha value is -5.73. The normalized spacial score (nSPS) is 29.7. The number of hydrogen-bond donors (Lipinski definition) is 5. The lowest BCUT2D eigenvalue weighted by Gasteiger charge is -2.54. The van der Waals surface area contributed by atoms with Crippen molar-refractivity contribution in [1.29, 1.82) is 0 Å². The van der Waals surface area contributed by atoms with E-state index in [2.05, 4.69) is 10.6 Å². The van der Waals surface area contributed by atoms with E-state index in [0.717, 1.165) is 54.4 Å². The summed E-state index contributed by atoms with van der Waals surface area (Å²) in [5, 5.41) is 36.4. The monoisotopic (exact) mass is 1060 g/mol. The number of halogens is 1. The summed E-state index contributed by atoms with van der Waals surface area (Å²) in [5.74, 6) is -3.97. The van der Waals surface area contributed by atoms with Gasteiger partial charge < -0.3 is 35.4 Å². The number of carbonyl (C=O) groups excluding carboxylic acids is 4. The molecule has 5 N–H and O–H groups in total. The molecule has 0 aromatic heterocycles. The molecule has 10 rings (SSSR count). The quantitative estimate of drug-likeness (QED) is 0.0413. The van der Waals surface area contributed by atoms with E-state index in [0.29, 0.717) is 6.42 Å². The number of fused-ring (bicyclic) bond motifs is 2. The number of amides is 2. The third-order valence-corrected chi connectivity index (χ3v) is 18.0. The first kappa shape index (κ1) is 53.6. The van der Waals surface area contributed by atoms with Gasteiger partial charge in [-0.1, -0.05) is 109 Å². The molecular weight excluding hydrogens is 1000 g/mol. The molecule has 4 heterocycles. The van der Waals surface area contributed by atoms with E-state index >= 15 is 0 Å². The van der Waals surface area contributed by atoms with Crippen LogP contribution < -0.4 is 10.6 Å². The highest BCUT2D eigenvalue weighted by molar-refractivity contribution is 8.13. The highest BCUT2D eigenvalue weighted by Gasteiger charge is 2.80. The van der Waals surface area contributed by atoms with Crippen molar-refractivity contribution < 1.29 is 65.0 Å². The zero-order chi connectivity index (χ0) is 52.4. The number of benzene rings is 4. The van der Waals surface area contributed by atoms with Crippen LogP contribution in [-0.4, -0.2) is 104 Å². The summed E-state index contributed by atoms with van der Waals surface area (Å²) in [6.07, 6.45) is 11.0. The van der Waals surface area contributed by atoms with Gasteiger partial charge in [0, 0.05) is 29.1 Å². The zero-order valence-electron chi connectivity index (χ0n) is 40.3. The maximum Gasteiger partial charge on any atom is 0.339 e. The van der Waals surface area contributed by atoms with E-state index in [1.165, 1.54) is 24.3 Å². The van der Waals surface area contributed by atoms with E-state index in [1.54, 1.807) is 38.1 Å². The number of esters is 2. The highest BCUT2D eigenvalue weighted by atomic mass is 35.7. The molecule has 4 saturated heterocycles. The van der Waals surface area contributed by atoms with E-state index < -0.39 is 83.3 Å².